The van der Waals surface area contributed by atoms with Crippen molar-refractivity contribution < 1.29 is 8.78 Å². The minimum absolute atomic E-state index is 0.0309. The Morgan fingerprint density at radius 2 is 2.07 bits per heavy atom. The Kier molecular flexibility index (Phi) is 2.95. The van der Waals surface area contributed by atoms with Crippen LogP contribution in [-0.2, 0) is 0 Å². The van der Waals surface area contributed by atoms with Crippen LogP contribution in [0.3, 0.4) is 0 Å². The molecule has 0 spiro atoms. The van der Waals surface area contributed by atoms with E-state index in [1.54, 1.807) is 12.1 Å². The van der Waals surface area contributed by atoms with Gasteiger partial charge in [0.05, 0.1) is 5.56 Å². The van der Waals surface area contributed by atoms with Crippen LogP contribution in [0.25, 0.3) is 10.1 Å². The highest BCUT2D eigenvalue weighted by atomic mass is 127. The summed E-state index contributed by atoms with van der Waals surface area (Å²) in [6, 6.07) is 5.45. The third-order valence-corrected chi connectivity index (χ3v) is 4.17. The molecule has 5 heteroatoms. The van der Waals surface area contributed by atoms with Gasteiger partial charge < -0.3 is 0 Å². The van der Waals surface area contributed by atoms with E-state index in [0.29, 0.717) is 5.39 Å². The molecule has 0 saturated carbocycles. The Bertz CT molecular complexity index is 481. The number of hydrogen-bond acceptors (Lipinski definition) is 1. The first kappa shape index (κ1) is 10.6. The van der Waals surface area contributed by atoms with Crippen molar-refractivity contribution in [1.29, 1.82) is 0 Å². The van der Waals surface area contributed by atoms with Gasteiger partial charge in [0.1, 0.15) is 4.34 Å². The number of halogens is 4. The van der Waals surface area contributed by atoms with Crippen LogP contribution in [0.4, 0.5) is 8.78 Å². The van der Waals surface area contributed by atoms with Gasteiger partial charge in [0.2, 0.25) is 0 Å². The van der Waals surface area contributed by atoms with Crippen LogP contribution in [0.15, 0.2) is 18.2 Å². The van der Waals surface area contributed by atoms with Crippen molar-refractivity contribution in [2.75, 3.05) is 0 Å². The Morgan fingerprint density at radius 3 is 2.71 bits per heavy atom. The smallest absolute Gasteiger partial charge is 0.205 e. The topological polar surface area (TPSA) is 0 Å². The molecule has 1 heterocycles. The van der Waals surface area contributed by atoms with Gasteiger partial charge in [0.25, 0.3) is 6.43 Å². The van der Waals surface area contributed by atoms with Crippen molar-refractivity contribution in [2.45, 2.75) is 6.43 Å². The SMILES string of the molecule is FC(F)c1c(Cl)sc2cccc(I)c12. The minimum atomic E-state index is -2.51. The lowest BCUT2D eigenvalue weighted by atomic mass is 10.2. The molecule has 0 N–H and O–H groups in total. The zero-order chi connectivity index (χ0) is 10.3. The zero-order valence-corrected chi connectivity index (χ0v) is 10.5. The number of hydrogen-bond donors (Lipinski definition) is 0. The van der Waals surface area contributed by atoms with Crippen molar-refractivity contribution >= 4 is 55.6 Å². The van der Waals surface area contributed by atoms with Gasteiger partial charge in [-0.15, -0.1) is 11.3 Å². The van der Waals surface area contributed by atoms with Crippen LogP contribution in [0.2, 0.25) is 4.34 Å². The Morgan fingerprint density at radius 1 is 1.36 bits per heavy atom. The maximum Gasteiger partial charge on any atom is 0.266 e. The van der Waals surface area contributed by atoms with Crippen molar-refractivity contribution in [3.63, 3.8) is 0 Å². The Hall–Kier alpha value is 0.0600. The molecule has 0 aliphatic carbocycles. The first-order valence-corrected chi connectivity index (χ1v) is 6.03. The third-order valence-electron chi connectivity index (χ3n) is 1.87. The average Bonchev–Trinajstić information content (AvgIpc) is 2.42. The Labute approximate surface area is 102 Å². The summed E-state index contributed by atoms with van der Waals surface area (Å²) in [6.07, 6.45) is -2.51. The largest absolute Gasteiger partial charge is 0.266 e. The molecular formula is C9H4ClF2IS. The highest BCUT2D eigenvalue weighted by Crippen LogP contribution is 2.42. The lowest BCUT2D eigenvalue weighted by Gasteiger charge is -1.99. The highest BCUT2D eigenvalue weighted by molar-refractivity contribution is 14.1. The van der Waals surface area contributed by atoms with E-state index in [0.717, 1.165) is 8.27 Å². The van der Waals surface area contributed by atoms with Crippen molar-refractivity contribution in [2.24, 2.45) is 0 Å². The minimum Gasteiger partial charge on any atom is -0.205 e. The summed E-state index contributed by atoms with van der Waals surface area (Å²) in [7, 11) is 0. The first-order valence-electron chi connectivity index (χ1n) is 3.76. The molecule has 1 aromatic heterocycles. The van der Waals surface area contributed by atoms with Crippen LogP contribution < -0.4 is 0 Å². The zero-order valence-electron chi connectivity index (χ0n) is 6.73. The van der Waals surface area contributed by atoms with E-state index >= 15 is 0 Å². The molecule has 0 nitrogen and oxygen atoms in total. The molecule has 0 bridgehead atoms. The molecule has 0 amide bonds. The molecule has 14 heavy (non-hydrogen) atoms. The summed E-state index contributed by atoms with van der Waals surface area (Å²) in [5.41, 5.74) is -0.0309. The van der Waals surface area contributed by atoms with Crippen molar-refractivity contribution in [3.8, 4) is 0 Å². The summed E-state index contributed by atoms with van der Waals surface area (Å²) in [5.74, 6) is 0. The van der Waals surface area contributed by atoms with Gasteiger partial charge in [-0.25, -0.2) is 8.78 Å². The third kappa shape index (κ3) is 1.63. The summed E-state index contributed by atoms with van der Waals surface area (Å²) in [6.45, 7) is 0. The maximum absolute atomic E-state index is 12.7. The highest BCUT2D eigenvalue weighted by Gasteiger charge is 2.20. The fourth-order valence-electron chi connectivity index (χ4n) is 1.30. The second kappa shape index (κ2) is 3.90. The molecule has 0 saturated heterocycles. The monoisotopic (exact) mass is 344 g/mol. The summed E-state index contributed by atoms with van der Waals surface area (Å²) in [4.78, 5) is 0. The molecule has 74 valence electrons. The fourth-order valence-corrected chi connectivity index (χ4v) is 3.66. The predicted octanol–water partition coefficient (Wildman–Crippen LogP) is 5.10. The predicted molar refractivity (Wildman–Crippen MR) is 64.5 cm³/mol. The van der Waals surface area contributed by atoms with Crippen LogP contribution in [0.5, 0.6) is 0 Å². The fraction of sp³-hybridized carbons (Fsp3) is 0.111. The van der Waals surface area contributed by atoms with Crippen LogP contribution in [-0.4, -0.2) is 0 Å². The van der Waals surface area contributed by atoms with Gasteiger partial charge >= 0.3 is 0 Å². The number of alkyl halides is 2. The van der Waals surface area contributed by atoms with E-state index < -0.39 is 6.43 Å². The Balaban J connectivity index is 2.86. The summed E-state index contributed by atoms with van der Waals surface area (Å²) < 4.78 is 27.2. The molecule has 0 unspecified atom stereocenters. The second-order valence-electron chi connectivity index (χ2n) is 2.70. The molecule has 0 aliphatic rings. The van der Waals surface area contributed by atoms with E-state index in [1.165, 1.54) is 11.3 Å². The summed E-state index contributed by atoms with van der Waals surface area (Å²) >= 11 is 9.02. The maximum atomic E-state index is 12.7. The summed E-state index contributed by atoms with van der Waals surface area (Å²) in [5, 5.41) is 0.595. The number of fused-ring (bicyclic) bond motifs is 1. The molecule has 0 atom stereocenters. The molecule has 2 rings (SSSR count). The number of rotatable bonds is 1. The molecule has 2 aromatic rings. The van der Waals surface area contributed by atoms with Crippen LogP contribution >= 0.6 is 45.5 Å². The molecule has 0 fully saturated rings. The van der Waals surface area contributed by atoms with Gasteiger partial charge in [-0.05, 0) is 34.7 Å². The molecule has 1 aromatic carbocycles. The second-order valence-corrected chi connectivity index (χ2v) is 5.52. The molecular weight excluding hydrogens is 341 g/mol. The van der Waals surface area contributed by atoms with Gasteiger partial charge in [-0.1, -0.05) is 17.7 Å². The van der Waals surface area contributed by atoms with Crippen molar-refractivity contribution in [3.05, 3.63) is 31.7 Å². The van der Waals surface area contributed by atoms with E-state index in [2.05, 4.69) is 0 Å². The quantitative estimate of drug-likeness (QED) is 0.632. The van der Waals surface area contributed by atoms with E-state index in [1.807, 2.05) is 28.7 Å². The van der Waals surface area contributed by atoms with Gasteiger partial charge in [-0.3, -0.25) is 0 Å². The first-order chi connectivity index (χ1) is 6.61. The standard InChI is InChI=1S/C9H4ClF2IS/c10-8-7(9(11)12)6-4(13)2-1-3-5(6)14-8/h1-3,9H. The molecule has 0 radical (unpaired) electrons. The van der Waals surface area contributed by atoms with Gasteiger partial charge in [0.15, 0.2) is 0 Å². The normalized spacial score (nSPS) is 11.5. The average molecular weight is 345 g/mol. The van der Waals surface area contributed by atoms with E-state index in [9.17, 15) is 8.78 Å². The lowest BCUT2D eigenvalue weighted by molar-refractivity contribution is 0.153. The van der Waals surface area contributed by atoms with Crippen molar-refractivity contribution in [1.82, 2.24) is 0 Å². The van der Waals surface area contributed by atoms with E-state index in [-0.39, 0.29) is 9.90 Å². The molecule has 0 aliphatic heterocycles. The number of benzene rings is 1. The van der Waals surface area contributed by atoms with E-state index in [4.69, 9.17) is 11.6 Å². The van der Waals surface area contributed by atoms with Crippen LogP contribution in [0.1, 0.15) is 12.0 Å². The lowest BCUT2D eigenvalue weighted by Crippen LogP contribution is -1.84. The number of thiophene rings is 1. The van der Waals surface area contributed by atoms with Gasteiger partial charge in [-0.2, -0.15) is 0 Å². The van der Waals surface area contributed by atoms with Crippen LogP contribution in [0, 0.1) is 3.57 Å². The van der Waals surface area contributed by atoms with Gasteiger partial charge in [0, 0.05) is 13.7 Å².